The van der Waals surface area contributed by atoms with Crippen LogP contribution < -0.4 is 0 Å². The first-order valence-corrected chi connectivity index (χ1v) is 11.9. The van der Waals surface area contributed by atoms with Crippen LogP contribution in [0.5, 0.6) is 0 Å². The monoisotopic (exact) mass is 481 g/mol. The zero-order chi connectivity index (χ0) is 20.8. The molecule has 5 nitrogen and oxygen atoms in total. The van der Waals surface area contributed by atoms with Crippen molar-refractivity contribution < 1.29 is 22.3 Å². The third-order valence-electron chi connectivity index (χ3n) is 6.19. The standard InChI is InChI=1S/C21H21BrFNO4S/c1-2-28-20(25)15-11-12-21(29(26,27)14-5-3-13(23)4-6-14)16(15)7-9-18-17(21)8-10-19(22)24-18/h3-6,8,10,15-16H,2,7,9,11-12H2,1H3. The van der Waals surface area contributed by atoms with Crippen molar-refractivity contribution in [3.05, 3.63) is 58.1 Å². The Morgan fingerprint density at radius 3 is 2.66 bits per heavy atom. The largest absolute Gasteiger partial charge is 0.466 e. The van der Waals surface area contributed by atoms with Gasteiger partial charge in [0.15, 0.2) is 9.84 Å². The maximum atomic E-state index is 14.0. The molecule has 1 heterocycles. The molecule has 0 aliphatic heterocycles. The van der Waals surface area contributed by atoms with Gasteiger partial charge in [0.2, 0.25) is 0 Å². The van der Waals surface area contributed by atoms with E-state index in [0.29, 0.717) is 35.8 Å². The number of hydrogen-bond acceptors (Lipinski definition) is 5. The van der Waals surface area contributed by atoms with Crippen LogP contribution in [0.25, 0.3) is 0 Å². The molecule has 0 radical (unpaired) electrons. The number of aromatic nitrogens is 1. The van der Waals surface area contributed by atoms with Crippen LogP contribution in [0.4, 0.5) is 4.39 Å². The van der Waals surface area contributed by atoms with Crippen molar-refractivity contribution in [1.29, 1.82) is 0 Å². The van der Waals surface area contributed by atoms with E-state index in [1.165, 1.54) is 12.1 Å². The van der Waals surface area contributed by atoms with Crippen LogP contribution in [0.15, 0.2) is 45.9 Å². The van der Waals surface area contributed by atoms with Crippen LogP contribution in [-0.4, -0.2) is 26.0 Å². The van der Waals surface area contributed by atoms with E-state index in [2.05, 4.69) is 20.9 Å². The summed E-state index contributed by atoms with van der Waals surface area (Å²) in [5.41, 5.74) is 1.37. The van der Waals surface area contributed by atoms with Gasteiger partial charge < -0.3 is 4.74 Å². The highest BCUT2D eigenvalue weighted by Crippen LogP contribution is 2.59. The number of sulfone groups is 1. The number of benzene rings is 1. The third-order valence-corrected chi connectivity index (χ3v) is 9.21. The fourth-order valence-corrected chi connectivity index (χ4v) is 7.83. The Bertz CT molecular complexity index is 1060. The van der Waals surface area contributed by atoms with E-state index in [0.717, 1.165) is 17.8 Å². The molecule has 8 heteroatoms. The maximum absolute atomic E-state index is 14.0. The van der Waals surface area contributed by atoms with Gasteiger partial charge in [0, 0.05) is 5.69 Å². The number of nitrogens with zero attached hydrogens (tertiary/aromatic N) is 1. The van der Waals surface area contributed by atoms with E-state index in [9.17, 15) is 17.6 Å². The van der Waals surface area contributed by atoms with Crippen molar-refractivity contribution in [2.75, 3.05) is 6.61 Å². The molecule has 1 aromatic heterocycles. The molecule has 2 aromatic rings. The lowest BCUT2D eigenvalue weighted by Gasteiger charge is -2.41. The Hall–Kier alpha value is -1.80. The third kappa shape index (κ3) is 3.11. The zero-order valence-electron chi connectivity index (χ0n) is 15.9. The van der Waals surface area contributed by atoms with E-state index in [4.69, 9.17) is 4.74 Å². The molecule has 29 heavy (non-hydrogen) atoms. The second-order valence-electron chi connectivity index (χ2n) is 7.52. The Kier molecular flexibility index (Phi) is 5.27. The molecule has 2 aliphatic carbocycles. The summed E-state index contributed by atoms with van der Waals surface area (Å²) < 4.78 is 46.0. The second-order valence-corrected chi connectivity index (χ2v) is 10.5. The second kappa shape index (κ2) is 7.47. The number of fused-ring (bicyclic) bond motifs is 3. The number of carbonyl (C=O) groups excluding carboxylic acids is 1. The van der Waals surface area contributed by atoms with Crippen LogP contribution in [0, 0.1) is 17.7 Å². The van der Waals surface area contributed by atoms with Crippen LogP contribution in [-0.2, 0) is 30.5 Å². The van der Waals surface area contributed by atoms with Gasteiger partial charge in [-0.2, -0.15) is 0 Å². The Morgan fingerprint density at radius 2 is 1.97 bits per heavy atom. The van der Waals surface area contributed by atoms with Crippen LogP contribution in [0.1, 0.15) is 37.4 Å². The number of ether oxygens (including phenoxy) is 1. The average Bonchev–Trinajstić information content (AvgIpc) is 3.10. The summed E-state index contributed by atoms with van der Waals surface area (Å²) in [6.07, 6.45) is 1.85. The molecule has 3 unspecified atom stereocenters. The summed E-state index contributed by atoms with van der Waals surface area (Å²) >= 11 is 3.36. The average molecular weight is 482 g/mol. The van der Waals surface area contributed by atoms with Gasteiger partial charge in [-0.1, -0.05) is 6.07 Å². The van der Waals surface area contributed by atoms with E-state index in [1.54, 1.807) is 19.1 Å². The van der Waals surface area contributed by atoms with Gasteiger partial charge in [-0.05, 0) is 90.4 Å². The molecule has 0 spiro atoms. The molecular formula is C21H21BrFNO4S. The molecule has 0 saturated heterocycles. The van der Waals surface area contributed by atoms with Gasteiger partial charge in [0.25, 0.3) is 0 Å². The van der Waals surface area contributed by atoms with Crippen molar-refractivity contribution in [2.45, 2.75) is 42.2 Å². The van der Waals surface area contributed by atoms with Crippen molar-refractivity contribution >= 4 is 31.7 Å². The van der Waals surface area contributed by atoms with E-state index >= 15 is 0 Å². The SMILES string of the molecule is CCOC(=O)C1CCC2(S(=O)(=O)c3ccc(F)cc3)c3ccc(Br)nc3CCC12. The quantitative estimate of drug-likeness (QED) is 0.371. The summed E-state index contributed by atoms with van der Waals surface area (Å²) in [5, 5.41) is 0. The van der Waals surface area contributed by atoms with E-state index < -0.39 is 32.2 Å². The van der Waals surface area contributed by atoms with Gasteiger partial charge in [0.1, 0.15) is 15.2 Å². The van der Waals surface area contributed by atoms with Crippen LogP contribution in [0.3, 0.4) is 0 Å². The molecular weight excluding hydrogens is 461 g/mol. The van der Waals surface area contributed by atoms with Gasteiger partial charge >= 0.3 is 5.97 Å². The number of carbonyl (C=O) groups is 1. The first-order chi connectivity index (χ1) is 13.8. The summed E-state index contributed by atoms with van der Waals surface area (Å²) in [5.74, 6) is -1.74. The first-order valence-electron chi connectivity index (χ1n) is 9.64. The minimum Gasteiger partial charge on any atom is -0.466 e. The smallest absolute Gasteiger partial charge is 0.309 e. The summed E-state index contributed by atoms with van der Waals surface area (Å²) in [6, 6.07) is 8.44. The van der Waals surface area contributed by atoms with Crippen LogP contribution in [0.2, 0.25) is 0 Å². The predicted octanol–water partition coefficient (Wildman–Crippen LogP) is 4.19. The number of esters is 1. The molecule has 0 N–H and O–H groups in total. The number of rotatable bonds is 4. The minimum absolute atomic E-state index is 0.0594. The van der Waals surface area contributed by atoms with Crippen molar-refractivity contribution in [3.63, 3.8) is 0 Å². The molecule has 154 valence electrons. The molecule has 2 aliphatic rings. The number of pyridine rings is 1. The van der Waals surface area contributed by atoms with Gasteiger partial charge in [-0.3, -0.25) is 4.79 Å². The lowest BCUT2D eigenvalue weighted by atomic mass is 9.75. The summed E-state index contributed by atoms with van der Waals surface area (Å²) in [6.45, 7) is 2.00. The fourth-order valence-electron chi connectivity index (χ4n) is 5.03. The Morgan fingerprint density at radius 1 is 1.24 bits per heavy atom. The van der Waals surface area contributed by atoms with E-state index in [-0.39, 0.29) is 17.5 Å². The van der Waals surface area contributed by atoms with Crippen LogP contribution >= 0.6 is 15.9 Å². The summed E-state index contributed by atoms with van der Waals surface area (Å²) in [4.78, 5) is 17.2. The minimum atomic E-state index is -3.91. The van der Waals surface area contributed by atoms with E-state index in [1.807, 2.05) is 0 Å². The fraction of sp³-hybridized carbons (Fsp3) is 0.429. The molecule has 1 aromatic carbocycles. The number of aryl methyl sites for hydroxylation is 1. The van der Waals surface area contributed by atoms with Crippen molar-refractivity contribution in [1.82, 2.24) is 4.98 Å². The molecule has 3 atom stereocenters. The van der Waals surface area contributed by atoms with Gasteiger partial charge in [0.05, 0.1) is 17.4 Å². The predicted molar refractivity (Wildman–Crippen MR) is 108 cm³/mol. The Labute approximate surface area is 177 Å². The molecule has 1 saturated carbocycles. The number of halogens is 2. The molecule has 1 fully saturated rings. The summed E-state index contributed by atoms with van der Waals surface area (Å²) in [7, 11) is -3.91. The zero-order valence-corrected chi connectivity index (χ0v) is 18.3. The molecule has 4 rings (SSSR count). The lowest BCUT2D eigenvalue weighted by Crippen LogP contribution is -2.46. The highest BCUT2D eigenvalue weighted by atomic mass is 79.9. The molecule has 0 amide bonds. The Balaban J connectivity index is 1.92. The highest BCUT2D eigenvalue weighted by molar-refractivity contribution is 9.10. The molecule has 0 bridgehead atoms. The van der Waals surface area contributed by atoms with Gasteiger partial charge in [-0.15, -0.1) is 0 Å². The normalized spacial score (nSPS) is 25.9. The highest BCUT2D eigenvalue weighted by Gasteiger charge is 2.62. The lowest BCUT2D eigenvalue weighted by molar-refractivity contribution is -0.149. The van der Waals surface area contributed by atoms with Crippen molar-refractivity contribution in [3.8, 4) is 0 Å². The first kappa shape index (κ1) is 20.5. The topological polar surface area (TPSA) is 73.3 Å². The van der Waals surface area contributed by atoms with Crippen molar-refractivity contribution in [2.24, 2.45) is 11.8 Å². The number of hydrogen-bond donors (Lipinski definition) is 0. The maximum Gasteiger partial charge on any atom is 0.309 e. The van der Waals surface area contributed by atoms with Gasteiger partial charge in [-0.25, -0.2) is 17.8 Å².